The summed E-state index contributed by atoms with van der Waals surface area (Å²) in [5, 5.41) is 26.1. The minimum Gasteiger partial charge on any atom is -0.394 e. The lowest BCUT2D eigenvalue weighted by atomic mass is 10.1. The molecule has 4 N–H and O–H groups in total. The summed E-state index contributed by atoms with van der Waals surface area (Å²) in [6, 6.07) is 3.81. The third kappa shape index (κ3) is 10.8. The van der Waals surface area contributed by atoms with E-state index in [1.54, 1.807) is 6.20 Å². The van der Waals surface area contributed by atoms with Crippen LogP contribution in [0.25, 0.3) is 0 Å². The molecule has 10 nitrogen and oxygen atoms in total. The highest BCUT2D eigenvalue weighted by atomic mass is 35.5. The maximum absolute atomic E-state index is 9.38. The predicted octanol–water partition coefficient (Wildman–Crippen LogP) is 2.72. The fourth-order valence-corrected chi connectivity index (χ4v) is 5.46. The Morgan fingerprint density at radius 3 is 1.85 bits per heavy atom. The van der Waals surface area contributed by atoms with Gasteiger partial charge in [-0.2, -0.15) is 0 Å². The number of halogens is 4. The zero-order valence-corrected chi connectivity index (χ0v) is 26.7. The first kappa shape index (κ1) is 36.0. The van der Waals surface area contributed by atoms with Crippen LogP contribution < -0.4 is 20.4 Å². The number of anilines is 2. The Bertz CT molecular complexity index is 1070. The third-order valence-corrected chi connectivity index (χ3v) is 7.36. The van der Waals surface area contributed by atoms with Crippen LogP contribution in [0.15, 0.2) is 24.5 Å². The lowest BCUT2D eigenvalue weighted by molar-refractivity contribution is -0.138. The van der Waals surface area contributed by atoms with Crippen LogP contribution in [-0.2, 0) is 22.3 Å². The zero-order valence-electron chi connectivity index (χ0n) is 23.5. The average molecular weight is 656 g/mol. The van der Waals surface area contributed by atoms with Crippen molar-refractivity contribution >= 4 is 59.7 Å². The highest BCUT2D eigenvalue weighted by molar-refractivity contribution is 6.33. The molecule has 41 heavy (non-hydrogen) atoms. The number of piperazine rings is 2. The molecule has 2 aromatic rings. The molecule has 3 aliphatic rings. The minimum atomic E-state index is -0.757. The van der Waals surface area contributed by atoms with E-state index in [1.165, 1.54) is 0 Å². The molecule has 5 rings (SSSR count). The summed E-state index contributed by atoms with van der Waals surface area (Å²) in [6.07, 6.45) is 4.07. The van der Waals surface area contributed by atoms with Gasteiger partial charge in [-0.05, 0) is 37.1 Å². The summed E-state index contributed by atoms with van der Waals surface area (Å²) < 4.78 is 11.4. The fraction of sp³-hybridized carbons (Fsp3) is 0.630. The molecule has 3 fully saturated rings. The van der Waals surface area contributed by atoms with Crippen LogP contribution >= 0.6 is 48.0 Å². The van der Waals surface area contributed by atoms with E-state index in [-0.39, 0.29) is 37.5 Å². The Morgan fingerprint density at radius 1 is 0.927 bits per heavy atom. The topological polar surface area (TPSA) is 115 Å². The number of nitrogens with one attached hydrogen (secondary N) is 2. The summed E-state index contributed by atoms with van der Waals surface area (Å²) >= 11 is 12.6. The standard InChI is InChI=1S/C15H22ClN3O2.C12H18ClN3O2.2ClH/c1-15(2)20-10-12(21-15)7-11-8-13(16)14(18-9-11)19-5-3-17-4-6-19;13-11-6-9(5-10(18)8-17)7-15-12(11)16-3-1-14-2-4-16;;/h8-9,12,17H,3-7,10H2,1-2H3;6-7,10,14,17-18H,1-5,8H2;2*1H/t12-;10-;;/m11../s1. The number of hydrogen-bond donors (Lipinski definition) is 4. The van der Waals surface area contributed by atoms with Crippen molar-refractivity contribution in [2.75, 3.05) is 75.4 Å². The molecule has 2 aromatic heterocycles. The van der Waals surface area contributed by atoms with Crippen molar-refractivity contribution in [3.63, 3.8) is 0 Å². The molecule has 0 amide bonds. The van der Waals surface area contributed by atoms with Gasteiger partial charge < -0.3 is 40.1 Å². The van der Waals surface area contributed by atoms with Crippen molar-refractivity contribution in [3.8, 4) is 0 Å². The first-order chi connectivity index (χ1) is 18.7. The van der Waals surface area contributed by atoms with Crippen LogP contribution in [0.3, 0.4) is 0 Å². The number of aliphatic hydroxyl groups is 2. The van der Waals surface area contributed by atoms with Gasteiger partial charge in [0.15, 0.2) is 5.79 Å². The van der Waals surface area contributed by atoms with Crippen LogP contribution in [0.2, 0.25) is 10.0 Å². The lowest BCUT2D eigenvalue weighted by Crippen LogP contribution is -2.44. The van der Waals surface area contributed by atoms with Gasteiger partial charge in [-0.1, -0.05) is 23.2 Å². The number of aromatic nitrogens is 2. The molecule has 3 aliphatic heterocycles. The zero-order chi connectivity index (χ0) is 27.8. The first-order valence-corrected chi connectivity index (χ1v) is 14.3. The first-order valence-electron chi connectivity index (χ1n) is 13.5. The van der Waals surface area contributed by atoms with Gasteiger partial charge in [-0.3, -0.25) is 0 Å². The normalized spacial score (nSPS) is 20.8. The van der Waals surface area contributed by atoms with Crippen LogP contribution in [0, 0.1) is 0 Å². The monoisotopic (exact) mass is 654 g/mol. The van der Waals surface area contributed by atoms with E-state index in [4.69, 9.17) is 37.8 Å². The molecule has 0 aromatic carbocycles. The number of hydrogen-bond acceptors (Lipinski definition) is 10. The SMILES string of the molecule is CC1(C)OC[C@@H](Cc2cnc(N3CCNCC3)c(Cl)c2)O1.Cl.Cl.OC[C@H](O)Cc1cnc(N2CCNCC2)c(Cl)c1. The van der Waals surface area contributed by atoms with Crippen molar-refractivity contribution in [2.45, 2.75) is 44.7 Å². The molecule has 0 saturated carbocycles. The van der Waals surface area contributed by atoms with Crippen molar-refractivity contribution in [2.24, 2.45) is 0 Å². The summed E-state index contributed by atoms with van der Waals surface area (Å²) in [5.74, 6) is 1.19. The molecule has 0 spiro atoms. The van der Waals surface area contributed by atoms with E-state index in [0.717, 1.165) is 81.5 Å². The Balaban J connectivity index is 0.000000277. The fourth-order valence-electron chi connectivity index (χ4n) is 4.85. The molecule has 232 valence electrons. The van der Waals surface area contributed by atoms with Crippen molar-refractivity contribution in [1.82, 2.24) is 20.6 Å². The molecular weight excluding hydrogens is 614 g/mol. The number of pyridine rings is 2. The molecule has 2 atom stereocenters. The Labute approximate surface area is 264 Å². The maximum atomic E-state index is 9.38. The van der Waals surface area contributed by atoms with Gasteiger partial charge in [0.1, 0.15) is 11.6 Å². The van der Waals surface area contributed by atoms with Crippen molar-refractivity contribution < 1.29 is 19.7 Å². The summed E-state index contributed by atoms with van der Waals surface area (Å²) in [5.41, 5.74) is 1.92. The summed E-state index contributed by atoms with van der Waals surface area (Å²) in [4.78, 5) is 13.3. The van der Waals surface area contributed by atoms with Gasteiger partial charge in [-0.25, -0.2) is 9.97 Å². The number of nitrogens with zero attached hydrogens (tertiary/aromatic N) is 4. The quantitative estimate of drug-likeness (QED) is 0.355. The molecule has 14 heteroatoms. The second-order valence-corrected chi connectivity index (χ2v) is 11.3. The van der Waals surface area contributed by atoms with Gasteiger partial charge in [0.25, 0.3) is 0 Å². The molecule has 3 saturated heterocycles. The van der Waals surface area contributed by atoms with Gasteiger partial charge in [0.05, 0.1) is 35.5 Å². The number of ether oxygens (including phenoxy) is 2. The lowest BCUT2D eigenvalue weighted by Gasteiger charge is -2.29. The van der Waals surface area contributed by atoms with Crippen LogP contribution in [0.1, 0.15) is 25.0 Å². The van der Waals surface area contributed by atoms with Crippen LogP contribution in [-0.4, -0.2) is 104 Å². The van der Waals surface area contributed by atoms with Gasteiger partial charge in [-0.15, -0.1) is 24.8 Å². The molecule has 0 unspecified atom stereocenters. The minimum absolute atomic E-state index is 0. The van der Waals surface area contributed by atoms with E-state index in [2.05, 4.69) is 30.4 Å². The number of aliphatic hydroxyl groups excluding tert-OH is 2. The van der Waals surface area contributed by atoms with Crippen molar-refractivity contribution in [1.29, 1.82) is 0 Å². The average Bonchev–Trinajstić information content (AvgIpc) is 3.28. The predicted molar refractivity (Wildman–Crippen MR) is 169 cm³/mol. The van der Waals surface area contributed by atoms with Crippen molar-refractivity contribution in [3.05, 3.63) is 45.7 Å². The summed E-state index contributed by atoms with van der Waals surface area (Å²) in [6.45, 7) is 11.7. The Kier molecular flexibility index (Phi) is 15.1. The second-order valence-electron chi connectivity index (χ2n) is 10.5. The smallest absolute Gasteiger partial charge is 0.163 e. The van der Waals surface area contributed by atoms with Gasteiger partial charge in [0.2, 0.25) is 0 Å². The molecule has 0 bridgehead atoms. The molecule has 0 aliphatic carbocycles. The highest BCUT2D eigenvalue weighted by Gasteiger charge is 2.32. The summed E-state index contributed by atoms with van der Waals surface area (Å²) in [7, 11) is 0. The van der Waals surface area contributed by atoms with Crippen LogP contribution in [0.4, 0.5) is 11.6 Å². The van der Waals surface area contributed by atoms with Gasteiger partial charge >= 0.3 is 0 Å². The second kappa shape index (κ2) is 17.2. The van der Waals surface area contributed by atoms with E-state index in [0.29, 0.717) is 23.1 Å². The maximum Gasteiger partial charge on any atom is 0.163 e. The largest absolute Gasteiger partial charge is 0.394 e. The van der Waals surface area contributed by atoms with E-state index >= 15 is 0 Å². The van der Waals surface area contributed by atoms with E-state index < -0.39 is 11.9 Å². The molecule has 5 heterocycles. The number of rotatable bonds is 7. The van der Waals surface area contributed by atoms with Gasteiger partial charge in [0, 0.05) is 77.6 Å². The highest BCUT2D eigenvalue weighted by Crippen LogP contribution is 2.28. The van der Waals surface area contributed by atoms with E-state index in [9.17, 15) is 5.11 Å². The molecule has 0 radical (unpaired) electrons. The third-order valence-electron chi connectivity index (χ3n) is 6.80. The van der Waals surface area contributed by atoms with Crippen LogP contribution in [0.5, 0.6) is 0 Å². The Morgan fingerprint density at radius 2 is 1.41 bits per heavy atom. The van der Waals surface area contributed by atoms with E-state index in [1.807, 2.05) is 32.2 Å². The molecular formula is C27H42Cl4N6O4. The Hall–Kier alpha value is -1.18.